The number of hydrogen-bond acceptors (Lipinski definition) is 2. The summed E-state index contributed by atoms with van der Waals surface area (Å²) in [6, 6.07) is 19.1. The number of carbonyl (C=O) groups excluding carboxylic acids is 1. The SMILES string of the molecule is O=C(NC[C@H]1c2ccccc2-c2cncn21)N1CCC[C@H](c2ccccc2)C1. The van der Waals surface area contributed by atoms with E-state index in [2.05, 4.69) is 63.4 Å². The summed E-state index contributed by atoms with van der Waals surface area (Å²) in [7, 11) is 0. The highest BCUT2D eigenvalue weighted by molar-refractivity contribution is 5.75. The molecule has 28 heavy (non-hydrogen) atoms. The molecule has 142 valence electrons. The zero-order valence-electron chi connectivity index (χ0n) is 15.8. The molecule has 2 aromatic carbocycles. The molecule has 0 radical (unpaired) electrons. The molecule has 5 nitrogen and oxygen atoms in total. The van der Waals surface area contributed by atoms with Gasteiger partial charge in [-0.15, -0.1) is 0 Å². The van der Waals surface area contributed by atoms with Crippen molar-refractivity contribution >= 4 is 6.03 Å². The quantitative estimate of drug-likeness (QED) is 0.754. The molecule has 5 rings (SSSR count). The third kappa shape index (κ3) is 2.97. The molecule has 0 aliphatic carbocycles. The number of imidazole rings is 1. The predicted molar refractivity (Wildman–Crippen MR) is 109 cm³/mol. The Balaban J connectivity index is 1.27. The van der Waals surface area contributed by atoms with Gasteiger partial charge in [0.05, 0.1) is 24.3 Å². The monoisotopic (exact) mass is 372 g/mol. The van der Waals surface area contributed by atoms with Crippen molar-refractivity contribution in [2.45, 2.75) is 24.8 Å². The Morgan fingerprint density at radius 2 is 1.93 bits per heavy atom. The van der Waals surface area contributed by atoms with E-state index in [1.54, 1.807) is 0 Å². The Morgan fingerprint density at radius 3 is 2.82 bits per heavy atom. The Labute approximate surface area is 165 Å². The molecule has 1 fully saturated rings. The van der Waals surface area contributed by atoms with Gasteiger partial charge in [0.25, 0.3) is 0 Å². The molecule has 2 aliphatic heterocycles. The summed E-state index contributed by atoms with van der Waals surface area (Å²) in [5, 5.41) is 3.18. The zero-order chi connectivity index (χ0) is 18.9. The number of fused-ring (bicyclic) bond motifs is 3. The van der Waals surface area contributed by atoms with E-state index in [9.17, 15) is 4.79 Å². The van der Waals surface area contributed by atoms with Crippen LogP contribution in [0.5, 0.6) is 0 Å². The van der Waals surface area contributed by atoms with Gasteiger partial charge in [-0.25, -0.2) is 9.78 Å². The van der Waals surface area contributed by atoms with Crippen LogP contribution in [0.25, 0.3) is 11.3 Å². The molecule has 3 heterocycles. The number of hydrogen-bond donors (Lipinski definition) is 1. The van der Waals surface area contributed by atoms with E-state index in [-0.39, 0.29) is 12.1 Å². The number of nitrogens with zero attached hydrogens (tertiary/aromatic N) is 3. The smallest absolute Gasteiger partial charge is 0.317 e. The second kappa shape index (κ2) is 7.15. The number of rotatable bonds is 3. The molecule has 2 amide bonds. The van der Waals surface area contributed by atoms with Crippen molar-refractivity contribution < 1.29 is 4.79 Å². The van der Waals surface area contributed by atoms with Crippen LogP contribution in [0.1, 0.15) is 35.9 Å². The van der Waals surface area contributed by atoms with E-state index >= 15 is 0 Å². The number of aromatic nitrogens is 2. The van der Waals surface area contributed by atoms with Crippen molar-refractivity contribution in [3.8, 4) is 11.3 Å². The normalized spacial score (nSPS) is 20.5. The summed E-state index contributed by atoms with van der Waals surface area (Å²) in [5.74, 6) is 0.424. The molecular formula is C23H24N4O. The Morgan fingerprint density at radius 1 is 1.11 bits per heavy atom. The fourth-order valence-corrected chi connectivity index (χ4v) is 4.60. The third-order valence-corrected chi connectivity index (χ3v) is 6.02. The molecule has 0 unspecified atom stereocenters. The molecule has 1 aromatic heterocycles. The maximum atomic E-state index is 12.9. The molecular weight excluding hydrogens is 348 g/mol. The van der Waals surface area contributed by atoms with Crippen molar-refractivity contribution in [1.82, 2.24) is 19.8 Å². The number of benzene rings is 2. The average molecular weight is 372 g/mol. The van der Waals surface area contributed by atoms with E-state index < -0.39 is 0 Å². The van der Waals surface area contributed by atoms with Crippen LogP contribution in [-0.4, -0.2) is 40.1 Å². The van der Waals surface area contributed by atoms with Crippen molar-refractivity contribution in [3.63, 3.8) is 0 Å². The summed E-state index contributed by atoms with van der Waals surface area (Å²) in [6.45, 7) is 2.19. The van der Waals surface area contributed by atoms with Crippen LogP contribution in [0.2, 0.25) is 0 Å². The number of nitrogens with one attached hydrogen (secondary N) is 1. The predicted octanol–water partition coefficient (Wildman–Crippen LogP) is 4.04. The highest BCUT2D eigenvalue weighted by atomic mass is 16.2. The second-order valence-corrected chi connectivity index (χ2v) is 7.67. The van der Waals surface area contributed by atoms with Gasteiger partial charge in [-0.2, -0.15) is 0 Å². The molecule has 0 bridgehead atoms. The topological polar surface area (TPSA) is 50.2 Å². The summed E-state index contributed by atoms with van der Waals surface area (Å²) < 4.78 is 2.16. The minimum atomic E-state index is 0.0340. The first kappa shape index (κ1) is 17.0. The molecule has 1 saturated heterocycles. The van der Waals surface area contributed by atoms with Gasteiger partial charge >= 0.3 is 6.03 Å². The number of likely N-dealkylation sites (tertiary alicyclic amines) is 1. The van der Waals surface area contributed by atoms with E-state index in [1.807, 2.05) is 23.5 Å². The van der Waals surface area contributed by atoms with Crippen LogP contribution in [-0.2, 0) is 0 Å². The van der Waals surface area contributed by atoms with Gasteiger partial charge in [0, 0.05) is 31.1 Å². The molecule has 0 spiro atoms. The molecule has 2 aliphatic rings. The number of carbonyl (C=O) groups is 1. The summed E-state index contributed by atoms with van der Waals surface area (Å²) in [4.78, 5) is 19.1. The second-order valence-electron chi connectivity index (χ2n) is 7.67. The minimum absolute atomic E-state index is 0.0340. The first-order chi connectivity index (χ1) is 13.8. The lowest BCUT2D eigenvalue weighted by molar-refractivity contribution is 0.178. The highest BCUT2D eigenvalue weighted by Crippen LogP contribution is 2.38. The largest absolute Gasteiger partial charge is 0.336 e. The Kier molecular flexibility index (Phi) is 4.35. The lowest BCUT2D eigenvalue weighted by Crippen LogP contribution is -2.46. The fourth-order valence-electron chi connectivity index (χ4n) is 4.60. The van der Waals surface area contributed by atoms with Crippen LogP contribution >= 0.6 is 0 Å². The Bertz CT molecular complexity index is 981. The van der Waals surface area contributed by atoms with Gasteiger partial charge in [-0.1, -0.05) is 54.6 Å². The lowest BCUT2D eigenvalue weighted by Gasteiger charge is -2.33. The number of amides is 2. The first-order valence-electron chi connectivity index (χ1n) is 10.00. The maximum absolute atomic E-state index is 12.9. The third-order valence-electron chi connectivity index (χ3n) is 6.02. The van der Waals surface area contributed by atoms with Crippen LogP contribution < -0.4 is 5.32 Å². The van der Waals surface area contributed by atoms with Gasteiger partial charge in [0.2, 0.25) is 0 Å². The van der Waals surface area contributed by atoms with Crippen molar-refractivity contribution in [1.29, 1.82) is 0 Å². The van der Waals surface area contributed by atoms with Gasteiger partial charge < -0.3 is 14.8 Å². The van der Waals surface area contributed by atoms with Gasteiger partial charge in [-0.05, 0) is 24.0 Å². The Hall–Kier alpha value is -3.08. The van der Waals surface area contributed by atoms with E-state index in [0.29, 0.717) is 12.5 Å². The summed E-state index contributed by atoms with van der Waals surface area (Å²) in [5.41, 5.74) is 4.91. The van der Waals surface area contributed by atoms with Crippen LogP contribution in [0.4, 0.5) is 4.79 Å². The summed E-state index contributed by atoms with van der Waals surface area (Å²) >= 11 is 0. The van der Waals surface area contributed by atoms with Crippen molar-refractivity contribution in [2.75, 3.05) is 19.6 Å². The van der Waals surface area contributed by atoms with Gasteiger partial charge in [0.1, 0.15) is 0 Å². The van der Waals surface area contributed by atoms with E-state index in [1.165, 1.54) is 16.7 Å². The average Bonchev–Trinajstić information content (AvgIpc) is 3.34. The van der Waals surface area contributed by atoms with Crippen LogP contribution in [0.3, 0.4) is 0 Å². The number of piperidine rings is 1. The summed E-state index contributed by atoms with van der Waals surface area (Å²) in [6.07, 6.45) is 5.95. The lowest BCUT2D eigenvalue weighted by atomic mass is 9.91. The van der Waals surface area contributed by atoms with Crippen molar-refractivity contribution in [3.05, 3.63) is 78.2 Å². The zero-order valence-corrected chi connectivity index (χ0v) is 15.8. The molecule has 3 aromatic rings. The first-order valence-corrected chi connectivity index (χ1v) is 10.00. The van der Waals surface area contributed by atoms with Crippen molar-refractivity contribution in [2.24, 2.45) is 0 Å². The van der Waals surface area contributed by atoms with E-state index in [4.69, 9.17) is 0 Å². The van der Waals surface area contributed by atoms with Gasteiger partial charge in [0.15, 0.2) is 0 Å². The maximum Gasteiger partial charge on any atom is 0.317 e. The fraction of sp³-hybridized carbons (Fsp3) is 0.304. The minimum Gasteiger partial charge on any atom is -0.336 e. The van der Waals surface area contributed by atoms with E-state index in [0.717, 1.165) is 31.6 Å². The highest BCUT2D eigenvalue weighted by Gasteiger charge is 2.30. The molecule has 2 atom stereocenters. The molecule has 5 heteroatoms. The molecule has 1 N–H and O–H groups in total. The van der Waals surface area contributed by atoms with Crippen LogP contribution in [0, 0.1) is 0 Å². The number of urea groups is 1. The van der Waals surface area contributed by atoms with Crippen LogP contribution in [0.15, 0.2) is 67.1 Å². The standard InChI is InChI=1S/C23H24N4O/c28-23(26-12-6-9-18(15-26)17-7-2-1-3-8-17)25-14-22-20-11-5-4-10-19(20)21-13-24-16-27(21)22/h1-5,7-8,10-11,13,16,18,22H,6,9,12,14-15H2,(H,25,28)/t18-,22-/m0/s1. The molecule has 0 saturated carbocycles. The van der Waals surface area contributed by atoms with Gasteiger partial charge in [-0.3, -0.25) is 0 Å².